The zero-order valence-corrected chi connectivity index (χ0v) is 13.7. The Bertz CT molecular complexity index is 486. The summed E-state index contributed by atoms with van der Waals surface area (Å²) in [5.74, 6) is 1.72. The lowest BCUT2D eigenvalue weighted by molar-refractivity contribution is 0.0199. The van der Waals surface area contributed by atoms with Crippen molar-refractivity contribution in [3.8, 4) is 0 Å². The lowest BCUT2D eigenvalue weighted by Crippen LogP contribution is -2.44. The molecule has 0 spiro atoms. The van der Waals surface area contributed by atoms with Gasteiger partial charge in [-0.05, 0) is 56.1 Å². The van der Waals surface area contributed by atoms with Crippen LogP contribution in [0.5, 0.6) is 0 Å². The van der Waals surface area contributed by atoms with Crippen molar-refractivity contribution in [3.63, 3.8) is 0 Å². The van der Waals surface area contributed by atoms with Crippen LogP contribution in [0.25, 0.3) is 0 Å². The van der Waals surface area contributed by atoms with Crippen molar-refractivity contribution in [3.05, 3.63) is 29.3 Å². The van der Waals surface area contributed by atoms with Crippen molar-refractivity contribution in [1.29, 1.82) is 0 Å². The topological polar surface area (TPSA) is 23.5 Å². The summed E-state index contributed by atoms with van der Waals surface area (Å²) in [6.45, 7) is 8.93. The van der Waals surface area contributed by atoms with Gasteiger partial charge in [0.25, 0.3) is 0 Å². The molecule has 1 aliphatic heterocycles. The van der Waals surface area contributed by atoms with E-state index >= 15 is 0 Å². The number of rotatable bonds is 2. The fraction of sp³-hybridized carbons (Fsp3) is 0.684. The van der Waals surface area contributed by atoms with Gasteiger partial charge in [-0.15, -0.1) is 0 Å². The minimum Gasteiger partial charge on any atom is -0.393 e. The highest BCUT2D eigenvalue weighted by molar-refractivity contribution is 5.56. The van der Waals surface area contributed by atoms with E-state index in [9.17, 15) is 5.11 Å². The first kappa shape index (κ1) is 14.9. The number of aryl methyl sites for hydroxylation is 2. The highest BCUT2D eigenvalue weighted by Gasteiger charge is 2.34. The summed E-state index contributed by atoms with van der Waals surface area (Å²) in [5.41, 5.74) is 4.26. The largest absolute Gasteiger partial charge is 0.393 e. The van der Waals surface area contributed by atoms with Crippen LogP contribution in [-0.4, -0.2) is 24.3 Å². The molecule has 1 N–H and O–H groups in total. The standard InChI is InChI=1S/C19H29NO/c1-13-6-7-18-16(10-13)5-4-8-20(18)12-17-15(3)9-14(2)11-19(17)21/h6-7,10,14-15,17,19,21H,4-5,8-9,11-12H2,1-3H3. The Morgan fingerprint density at radius 3 is 2.81 bits per heavy atom. The average molecular weight is 287 g/mol. The molecule has 0 bridgehead atoms. The number of fused-ring (bicyclic) bond motifs is 1. The minimum absolute atomic E-state index is 0.125. The Morgan fingerprint density at radius 1 is 1.24 bits per heavy atom. The quantitative estimate of drug-likeness (QED) is 0.894. The summed E-state index contributed by atoms with van der Waals surface area (Å²) in [6.07, 6.45) is 4.55. The second-order valence-corrected chi connectivity index (χ2v) is 7.47. The highest BCUT2D eigenvalue weighted by atomic mass is 16.3. The number of anilines is 1. The fourth-order valence-electron chi connectivity index (χ4n) is 4.42. The monoisotopic (exact) mass is 287 g/mol. The van der Waals surface area contributed by atoms with Gasteiger partial charge in [0.05, 0.1) is 6.10 Å². The number of aliphatic hydroxyl groups is 1. The molecule has 21 heavy (non-hydrogen) atoms. The second kappa shape index (κ2) is 6.00. The smallest absolute Gasteiger partial charge is 0.0590 e. The molecule has 0 aromatic heterocycles. The van der Waals surface area contributed by atoms with Crippen LogP contribution in [0, 0.1) is 24.7 Å². The molecule has 1 saturated carbocycles. The first-order valence-electron chi connectivity index (χ1n) is 8.57. The molecular weight excluding hydrogens is 258 g/mol. The number of hydrogen-bond donors (Lipinski definition) is 1. The average Bonchev–Trinajstić information content (AvgIpc) is 2.42. The molecule has 1 fully saturated rings. The summed E-state index contributed by atoms with van der Waals surface area (Å²) >= 11 is 0. The molecule has 116 valence electrons. The summed E-state index contributed by atoms with van der Waals surface area (Å²) in [5, 5.41) is 10.5. The molecule has 4 unspecified atom stereocenters. The van der Waals surface area contributed by atoms with Gasteiger partial charge in [0.15, 0.2) is 0 Å². The van der Waals surface area contributed by atoms with Crippen molar-refractivity contribution < 1.29 is 5.11 Å². The predicted octanol–water partition coefficient (Wildman–Crippen LogP) is 3.79. The van der Waals surface area contributed by atoms with Crippen LogP contribution < -0.4 is 4.90 Å². The van der Waals surface area contributed by atoms with E-state index in [-0.39, 0.29) is 6.10 Å². The maximum atomic E-state index is 10.5. The molecule has 1 aliphatic carbocycles. The minimum atomic E-state index is -0.125. The van der Waals surface area contributed by atoms with Crippen molar-refractivity contribution in [2.45, 2.75) is 52.6 Å². The van der Waals surface area contributed by atoms with Crippen LogP contribution in [0.4, 0.5) is 5.69 Å². The van der Waals surface area contributed by atoms with E-state index in [0.717, 1.165) is 19.5 Å². The van der Waals surface area contributed by atoms with Gasteiger partial charge in [-0.25, -0.2) is 0 Å². The van der Waals surface area contributed by atoms with Gasteiger partial charge < -0.3 is 10.0 Å². The van der Waals surface area contributed by atoms with Crippen LogP contribution >= 0.6 is 0 Å². The Hall–Kier alpha value is -1.02. The third-order valence-electron chi connectivity index (χ3n) is 5.52. The Labute approximate surface area is 129 Å². The second-order valence-electron chi connectivity index (χ2n) is 7.47. The number of aliphatic hydroxyl groups excluding tert-OH is 1. The summed E-state index contributed by atoms with van der Waals surface area (Å²) < 4.78 is 0. The van der Waals surface area contributed by atoms with Crippen molar-refractivity contribution in [2.24, 2.45) is 17.8 Å². The molecule has 2 aliphatic rings. The van der Waals surface area contributed by atoms with Gasteiger partial charge in [0, 0.05) is 24.7 Å². The van der Waals surface area contributed by atoms with E-state index in [4.69, 9.17) is 0 Å². The molecule has 1 aromatic carbocycles. The molecule has 2 heteroatoms. The summed E-state index contributed by atoms with van der Waals surface area (Å²) in [6, 6.07) is 6.84. The third kappa shape index (κ3) is 3.11. The first-order valence-corrected chi connectivity index (χ1v) is 8.57. The number of benzene rings is 1. The van der Waals surface area contributed by atoms with Gasteiger partial charge in [-0.2, -0.15) is 0 Å². The fourth-order valence-corrected chi connectivity index (χ4v) is 4.42. The summed E-state index contributed by atoms with van der Waals surface area (Å²) in [7, 11) is 0. The molecule has 0 amide bonds. The van der Waals surface area contributed by atoms with Crippen molar-refractivity contribution in [2.75, 3.05) is 18.0 Å². The summed E-state index contributed by atoms with van der Waals surface area (Å²) in [4.78, 5) is 2.53. The molecule has 4 atom stereocenters. The maximum Gasteiger partial charge on any atom is 0.0590 e. The molecule has 2 nitrogen and oxygen atoms in total. The van der Waals surface area contributed by atoms with Crippen LogP contribution in [0.2, 0.25) is 0 Å². The van der Waals surface area contributed by atoms with Gasteiger partial charge in [-0.1, -0.05) is 31.5 Å². The molecular formula is C19H29NO. The first-order chi connectivity index (χ1) is 10.0. The maximum absolute atomic E-state index is 10.5. The van der Waals surface area contributed by atoms with E-state index < -0.39 is 0 Å². The van der Waals surface area contributed by atoms with Crippen LogP contribution in [0.3, 0.4) is 0 Å². The predicted molar refractivity (Wildman–Crippen MR) is 88.8 cm³/mol. The molecule has 0 radical (unpaired) electrons. The zero-order chi connectivity index (χ0) is 15.0. The normalized spacial score (nSPS) is 32.9. The lowest BCUT2D eigenvalue weighted by Gasteiger charge is -2.42. The van der Waals surface area contributed by atoms with E-state index in [1.165, 1.54) is 36.1 Å². The lowest BCUT2D eigenvalue weighted by atomic mass is 9.73. The van der Waals surface area contributed by atoms with Crippen LogP contribution in [0.1, 0.15) is 44.2 Å². The van der Waals surface area contributed by atoms with Crippen LogP contribution in [0.15, 0.2) is 18.2 Å². The van der Waals surface area contributed by atoms with Crippen molar-refractivity contribution >= 4 is 5.69 Å². The van der Waals surface area contributed by atoms with E-state index in [1.807, 2.05) is 0 Å². The van der Waals surface area contributed by atoms with Gasteiger partial charge in [0.2, 0.25) is 0 Å². The van der Waals surface area contributed by atoms with Gasteiger partial charge in [0.1, 0.15) is 0 Å². The molecule has 0 saturated heterocycles. The molecule has 1 aromatic rings. The Kier molecular flexibility index (Phi) is 4.26. The van der Waals surface area contributed by atoms with E-state index in [0.29, 0.717) is 17.8 Å². The molecule has 1 heterocycles. The Balaban J connectivity index is 1.77. The molecule has 3 rings (SSSR count). The third-order valence-corrected chi connectivity index (χ3v) is 5.52. The van der Waals surface area contributed by atoms with Gasteiger partial charge in [-0.3, -0.25) is 0 Å². The van der Waals surface area contributed by atoms with Gasteiger partial charge >= 0.3 is 0 Å². The Morgan fingerprint density at radius 2 is 2.05 bits per heavy atom. The zero-order valence-electron chi connectivity index (χ0n) is 13.7. The highest BCUT2D eigenvalue weighted by Crippen LogP contribution is 2.36. The number of nitrogens with zero attached hydrogens (tertiary/aromatic N) is 1. The van der Waals surface area contributed by atoms with E-state index in [1.54, 1.807) is 0 Å². The van der Waals surface area contributed by atoms with Crippen molar-refractivity contribution in [1.82, 2.24) is 0 Å². The number of hydrogen-bond acceptors (Lipinski definition) is 2. The van der Waals surface area contributed by atoms with E-state index in [2.05, 4.69) is 43.9 Å². The van der Waals surface area contributed by atoms with Crippen LogP contribution in [-0.2, 0) is 6.42 Å². The SMILES string of the molecule is Cc1ccc2c(c1)CCCN2CC1C(C)CC(C)CC1O.